The van der Waals surface area contributed by atoms with E-state index in [2.05, 4.69) is 12.2 Å². The van der Waals surface area contributed by atoms with E-state index in [9.17, 15) is 4.39 Å². The Morgan fingerprint density at radius 3 is 2.73 bits per heavy atom. The summed E-state index contributed by atoms with van der Waals surface area (Å²) in [6, 6.07) is 6.62. The average Bonchev–Trinajstić information content (AvgIpc) is 2.03. The van der Waals surface area contributed by atoms with Gasteiger partial charge in [-0.05, 0) is 18.6 Å². The van der Waals surface area contributed by atoms with Gasteiger partial charge in [-0.25, -0.2) is 4.39 Å². The lowest BCUT2D eigenvalue weighted by molar-refractivity contribution is 0.630. The minimum Gasteiger partial charge on any atom is -0.383 e. The lowest BCUT2D eigenvalue weighted by Crippen LogP contribution is -2.01. The van der Waals surface area contributed by atoms with Gasteiger partial charge in [-0.3, -0.25) is 0 Å². The lowest BCUT2D eigenvalue weighted by Gasteiger charge is -2.04. The fourth-order valence-electron chi connectivity index (χ4n) is 0.828. The Bertz CT molecular complexity index is 223. The molecule has 0 amide bonds. The maximum Gasteiger partial charge on any atom is 0.146 e. The van der Waals surface area contributed by atoms with E-state index in [4.69, 9.17) is 0 Å². The van der Waals surface area contributed by atoms with Crippen LogP contribution in [0, 0.1) is 12.7 Å². The Morgan fingerprint density at radius 1 is 1.36 bits per heavy atom. The molecule has 1 N–H and O–H groups in total. The van der Waals surface area contributed by atoms with E-state index in [-0.39, 0.29) is 5.82 Å². The summed E-state index contributed by atoms with van der Waals surface area (Å²) < 4.78 is 12.8. The van der Waals surface area contributed by atoms with Crippen LogP contribution in [0.15, 0.2) is 24.3 Å². The molecule has 0 atom stereocenters. The van der Waals surface area contributed by atoms with Gasteiger partial charge in [-0.15, -0.1) is 0 Å². The fourth-order valence-corrected chi connectivity index (χ4v) is 0.828. The average molecular weight is 152 g/mol. The van der Waals surface area contributed by atoms with Gasteiger partial charge in [0, 0.05) is 6.54 Å². The fraction of sp³-hybridized carbons (Fsp3) is 0.222. The van der Waals surface area contributed by atoms with Crippen LogP contribution in [-0.4, -0.2) is 6.54 Å². The van der Waals surface area contributed by atoms with Crippen molar-refractivity contribution in [2.24, 2.45) is 0 Å². The van der Waals surface area contributed by atoms with Gasteiger partial charge in [0.2, 0.25) is 0 Å². The number of benzene rings is 1. The summed E-state index contributed by atoms with van der Waals surface area (Å²) in [5.74, 6) is -0.207. The third-order valence-corrected chi connectivity index (χ3v) is 1.37. The van der Waals surface area contributed by atoms with Crippen molar-refractivity contribution in [3.63, 3.8) is 0 Å². The molecule has 0 spiro atoms. The Morgan fingerprint density at radius 2 is 2.09 bits per heavy atom. The van der Waals surface area contributed by atoms with Crippen molar-refractivity contribution < 1.29 is 4.39 Å². The maximum absolute atomic E-state index is 12.8. The zero-order valence-electron chi connectivity index (χ0n) is 6.31. The predicted octanol–water partition coefficient (Wildman–Crippen LogP) is 2.46. The molecule has 0 aliphatic carbocycles. The molecule has 0 bridgehead atoms. The SMILES string of the molecule is [CH2]CCNc1ccccc1F. The number of nitrogens with one attached hydrogen (secondary N) is 1. The van der Waals surface area contributed by atoms with Crippen molar-refractivity contribution in [2.45, 2.75) is 6.42 Å². The summed E-state index contributed by atoms with van der Waals surface area (Å²) in [4.78, 5) is 0. The first kappa shape index (κ1) is 8.05. The minimum atomic E-state index is -0.207. The molecule has 11 heavy (non-hydrogen) atoms. The smallest absolute Gasteiger partial charge is 0.146 e. The van der Waals surface area contributed by atoms with E-state index >= 15 is 0 Å². The molecule has 0 aliphatic heterocycles. The molecule has 1 nitrogen and oxygen atoms in total. The van der Waals surface area contributed by atoms with Gasteiger partial charge in [0.25, 0.3) is 0 Å². The van der Waals surface area contributed by atoms with Crippen LogP contribution in [0.25, 0.3) is 0 Å². The predicted molar refractivity (Wildman–Crippen MR) is 44.9 cm³/mol. The van der Waals surface area contributed by atoms with Gasteiger partial charge < -0.3 is 5.32 Å². The largest absolute Gasteiger partial charge is 0.383 e. The quantitative estimate of drug-likeness (QED) is 0.701. The molecule has 0 aliphatic rings. The first-order chi connectivity index (χ1) is 5.34. The van der Waals surface area contributed by atoms with Crippen molar-refractivity contribution in [3.8, 4) is 0 Å². The molecule has 0 saturated heterocycles. The summed E-state index contributed by atoms with van der Waals surface area (Å²) in [5, 5.41) is 2.93. The van der Waals surface area contributed by atoms with E-state index in [1.807, 2.05) is 0 Å². The van der Waals surface area contributed by atoms with Crippen LogP contribution in [-0.2, 0) is 0 Å². The monoisotopic (exact) mass is 152 g/mol. The molecule has 0 heterocycles. The highest BCUT2D eigenvalue weighted by molar-refractivity contribution is 5.44. The van der Waals surface area contributed by atoms with Crippen LogP contribution in [0.3, 0.4) is 0 Å². The third kappa shape index (κ3) is 2.22. The van der Waals surface area contributed by atoms with E-state index < -0.39 is 0 Å². The molecule has 0 saturated carbocycles. The number of rotatable bonds is 3. The molecule has 59 valence electrons. The van der Waals surface area contributed by atoms with E-state index in [1.54, 1.807) is 18.2 Å². The lowest BCUT2D eigenvalue weighted by atomic mass is 10.3. The van der Waals surface area contributed by atoms with Crippen LogP contribution >= 0.6 is 0 Å². The van der Waals surface area contributed by atoms with Crippen LogP contribution in [0.2, 0.25) is 0 Å². The van der Waals surface area contributed by atoms with Gasteiger partial charge in [0.15, 0.2) is 0 Å². The first-order valence-corrected chi connectivity index (χ1v) is 3.62. The normalized spacial score (nSPS) is 9.64. The molecule has 1 aromatic carbocycles. The molecule has 0 unspecified atom stereocenters. The van der Waals surface area contributed by atoms with E-state index in [0.717, 1.165) is 6.42 Å². The highest BCUT2D eigenvalue weighted by atomic mass is 19.1. The Hall–Kier alpha value is -1.05. The summed E-state index contributed by atoms with van der Waals surface area (Å²) in [6.45, 7) is 4.35. The molecule has 1 aromatic rings. The van der Waals surface area contributed by atoms with Crippen LogP contribution in [0.4, 0.5) is 10.1 Å². The molecule has 0 fully saturated rings. The van der Waals surface area contributed by atoms with Crippen molar-refractivity contribution in [1.82, 2.24) is 0 Å². The van der Waals surface area contributed by atoms with Gasteiger partial charge >= 0.3 is 0 Å². The Kier molecular flexibility index (Phi) is 2.90. The number of hydrogen-bond donors (Lipinski definition) is 1. The second-order valence-corrected chi connectivity index (χ2v) is 2.26. The molecule has 1 radical (unpaired) electrons. The van der Waals surface area contributed by atoms with Gasteiger partial charge in [0.05, 0.1) is 5.69 Å². The number of para-hydroxylation sites is 1. The molecular formula is C9H11FN. The number of halogens is 1. The summed E-state index contributed by atoms with van der Waals surface area (Å²) in [7, 11) is 0. The highest BCUT2D eigenvalue weighted by Gasteiger charge is 1.96. The zero-order valence-corrected chi connectivity index (χ0v) is 6.31. The summed E-state index contributed by atoms with van der Waals surface area (Å²) in [5.41, 5.74) is 0.552. The second kappa shape index (κ2) is 3.96. The number of hydrogen-bond acceptors (Lipinski definition) is 1. The second-order valence-electron chi connectivity index (χ2n) is 2.26. The van der Waals surface area contributed by atoms with Crippen molar-refractivity contribution in [1.29, 1.82) is 0 Å². The zero-order chi connectivity index (χ0) is 8.10. The van der Waals surface area contributed by atoms with Gasteiger partial charge in [-0.2, -0.15) is 0 Å². The van der Waals surface area contributed by atoms with Crippen LogP contribution in [0.1, 0.15) is 6.42 Å². The van der Waals surface area contributed by atoms with E-state index in [0.29, 0.717) is 12.2 Å². The topological polar surface area (TPSA) is 12.0 Å². The van der Waals surface area contributed by atoms with Gasteiger partial charge in [0.1, 0.15) is 5.82 Å². The van der Waals surface area contributed by atoms with Crippen LogP contribution in [0.5, 0.6) is 0 Å². The molecule has 2 heteroatoms. The number of anilines is 1. The summed E-state index contributed by atoms with van der Waals surface area (Å²) >= 11 is 0. The molecular weight excluding hydrogens is 141 g/mol. The third-order valence-electron chi connectivity index (χ3n) is 1.37. The van der Waals surface area contributed by atoms with Crippen LogP contribution < -0.4 is 5.32 Å². The van der Waals surface area contributed by atoms with Crippen molar-refractivity contribution in [3.05, 3.63) is 37.0 Å². The first-order valence-electron chi connectivity index (χ1n) is 3.62. The molecule has 1 rings (SSSR count). The Labute approximate surface area is 66.2 Å². The summed E-state index contributed by atoms with van der Waals surface area (Å²) in [6.07, 6.45) is 0.758. The standard InChI is InChI=1S/C9H11FN/c1-2-7-11-9-6-4-3-5-8(9)10/h3-6,11H,1-2,7H2. The highest BCUT2D eigenvalue weighted by Crippen LogP contribution is 2.11. The molecule has 0 aromatic heterocycles. The van der Waals surface area contributed by atoms with Gasteiger partial charge in [-0.1, -0.05) is 19.1 Å². The van der Waals surface area contributed by atoms with E-state index in [1.165, 1.54) is 6.07 Å². The van der Waals surface area contributed by atoms with Crippen molar-refractivity contribution >= 4 is 5.69 Å². The Balaban J connectivity index is 2.62. The minimum absolute atomic E-state index is 0.207. The maximum atomic E-state index is 12.8. The van der Waals surface area contributed by atoms with Crippen molar-refractivity contribution in [2.75, 3.05) is 11.9 Å².